The van der Waals surface area contributed by atoms with E-state index in [1.54, 1.807) is 0 Å². The summed E-state index contributed by atoms with van der Waals surface area (Å²) in [6.07, 6.45) is 0.0625. The van der Waals surface area contributed by atoms with Crippen molar-refractivity contribution in [2.75, 3.05) is 0 Å². The van der Waals surface area contributed by atoms with Gasteiger partial charge in [0.15, 0.2) is 0 Å². The first-order chi connectivity index (χ1) is 5.55. The Labute approximate surface area is 113 Å². The molecule has 0 spiro atoms. The number of rotatable bonds is 2. The average molecular weight is 264 g/mol. The first-order valence-corrected chi connectivity index (χ1v) is 4.62. The van der Waals surface area contributed by atoms with E-state index in [2.05, 4.69) is 0 Å². The van der Waals surface area contributed by atoms with Crippen LogP contribution in [-0.4, -0.2) is 11.6 Å². The van der Waals surface area contributed by atoms with Crippen LogP contribution in [0.3, 0.4) is 0 Å². The molecule has 0 saturated heterocycles. The van der Waals surface area contributed by atoms with Gasteiger partial charge in [0.05, 0.1) is 6.42 Å². The van der Waals surface area contributed by atoms with Crippen molar-refractivity contribution in [3.63, 3.8) is 0 Å². The normalized spacial score (nSPS) is 10.4. The maximum absolute atomic E-state index is 11.5. The topological polar surface area (TPSA) is 91.1 Å². The minimum absolute atomic E-state index is 0. The molecule has 0 aromatic carbocycles. The third kappa shape index (κ3) is 9.22. The second kappa shape index (κ2) is 8.12. The van der Waals surface area contributed by atoms with E-state index in [-0.39, 0.29) is 50.7 Å². The van der Waals surface area contributed by atoms with E-state index in [0.717, 1.165) is 0 Å². The fourth-order valence-corrected chi connectivity index (χ4v) is 0.676. The van der Waals surface area contributed by atoms with E-state index < -0.39 is 10.8 Å². The van der Waals surface area contributed by atoms with Crippen molar-refractivity contribution in [1.29, 1.82) is 0 Å². The molecule has 4 nitrogen and oxygen atoms in total. The van der Waals surface area contributed by atoms with Gasteiger partial charge in [-0.2, -0.15) is 0 Å². The summed E-state index contributed by atoms with van der Waals surface area (Å²) >= 11 is 0. The van der Waals surface area contributed by atoms with Crippen molar-refractivity contribution in [2.24, 2.45) is 10.8 Å². The fourth-order valence-electron chi connectivity index (χ4n) is 0.676. The first-order valence-electron chi connectivity index (χ1n) is 4.62. The molecule has 0 aliphatic heterocycles. The van der Waals surface area contributed by atoms with Gasteiger partial charge in [-0.15, -0.1) is 0 Å². The van der Waals surface area contributed by atoms with Crippen LogP contribution in [0.15, 0.2) is 0 Å². The predicted molar refractivity (Wildman–Crippen MR) is 54.9 cm³/mol. The van der Waals surface area contributed by atoms with Crippen LogP contribution in [0.2, 0.25) is 0 Å². The Bertz CT molecular complexity index is 199. The molecule has 0 aromatic rings. The summed E-state index contributed by atoms with van der Waals surface area (Å²) in [6, 6.07) is 0. The van der Waals surface area contributed by atoms with E-state index in [0.29, 0.717) is 0 Å². The quantitative estimate of drug-likeness (QED) is 0.565. The van der Waals surface area contributed by atoms with Gasteiger partial charge in [0.1, 0.15) is 11.6 Å². The molecular weight excluding hydrogens is 244 g/mol. The van der Waals surface area contributed by atoms with Gasteiger partial charge in [-0.3, -0.25) is 9.59 Å². The number of ketones is 2. The summed E-state index contributed by atoms with van der Waals surface area (Å²) in [5.74, 6) is 0.0415. The fraction of sp³-hybridized carbons (Fsp3) is 0.818. The Morgan fingerprint density at radius 3 is 1.06 bits per heavy atom. The van der Waals surface area contributed by atoms with Crippen LogP contribution in [0.5, 0.6) is 0 Å². The molecule has 0 heterocycles. The maximum Gasteiger partial charge on any atom is 4.00 e. The number of hydrogen-bond donors (Lipinski definition) is 0. The van der Waals surface area contributed by atoms with Gasteiger partial charge in [-0.25, -0.2) is 0 Å². The van der Waals surface area contributed by atoms with E-state index in [9.17, 15) is 9.59 Å². The van der Waals surface area contributed by atoms with Crippen LogP contribution < -0.4 is 0 Å². The average Bonchev–Trinajstić information content (AvgIpc) is 1.82. The molecule has 0 rings (SSSR count). The largest absolute Gasteiger partial charge is 4.00 e. The standard InChI is InChI=1S/C11H20O2.2O.Ti/c1-10(2,3)8(12)7-9(13)11(4,5)6;;;/h7H2,1-6H3;;;/q;2*-2;+4. The van der Waals surface area contributed by atoms with Crippen molar-refractivity contribution in [3.8, 4) is 0 Å². The van der Waals surface area contributed by atoms with E-state index in [4.69, 9.17) is 0 Å². The minimum Gasteiger partial charge on any atom is -2.00 e. The Morgan fingerprint density at radius 1 is 0.750 bits per heavy atom. The van der Waals surface area contributed by atoms with Crippen molar-refractivity contribution < 1.29 is 42.3 Å². The van der Waals surface area contributed by atoms with Crippen LogP contribution in [0.4, 0.5) is 0 Å². The minimum atomic E-state index is -0.402. The predicted octanol–water partition coefficient (Wildman–Crippen LogP) is 2.37. The third-order valence-corrected chi connectivity index (χ3v) is 1.99. The van der Waals surface area contributed by atoms with Crippen molar-refractivity contribution >= 4 is 11.6 Å². The van der Waals surface area contributed by atoms with Gasteiger partial charge in [0.25, 0.3) is 0 Å². The molecule has 5 heteroatoms. The third-order valence-electron chi connectivity index (χ3n) is 1.99. The van der Waals surface area contributed by atoms with E-state index in [1.807, 2.05) is 41.5 Å². The monoisotopic (exact) mass is 264 g/mol. The van der Waals surface area contributed by atoms with Gasteiger partial charge < -0.3 is 11.0 Å². The molecule has 0 N–H and O–H groups in total. The van der Waals surface area contributed by atoms with Gasteiger partial charge >= 0.3 is 21.7 Å². The molecule has 0 atom stereocenters. The number of hydrogen-bond acceptors (Lipinski definition) is 2. The first kappa shape index (κ1) is 25.0. The Hall–Kier alpha value is -0.0257. The molecule has 0 aliphatic rings. The molecule has 16 heavy (non-hydrogen) atoms. The van der Waals surface area contributed by atoms with Gasteiger partial charge in [0, 0.05) is 10.8 Å². The van der Waals surface area contributed by atoms with Crippen molar-refractivity contribution in [3.05, 3.63) is 0 Å². The summed E-state index contributed by atoms with van der Waals surface area (Å²) in [4.78, 5) is 23.0. The molecule has 92 valence electrons. The van der Waals surface area contributed by atoms with Gasteiger partial charge in [-0.1, -0.05) is 41.5 Å². The molecule has 0 aromatic heterocycles. The van der Waals surface area contributed by atoms with Crippen LogP contribution in [-0.2, 0) is 42.3 Å². The van der Waals surface area contributed by atoms with Crippen LogP contribution in [0, 0.1) is 10.8 Å². The zero-order valence-corrected chi connectivity index (χ0v) is 12.4. The van der Waals surface area contributed by atoms with Crippen LogP contribution in [0.1, 0.15) is 48.0 Å². The zero-order chi connectivity index (χ0) is 10.9. The van der Waals surface area contributed by atoms with E-state index >= 15 is 0 Å². The molecule has 0 fully saturated rings. The summed E-state index contributed by atoms with van der Waals surface area (Å²) < 4.78 is 0. The molecule has 0 bridgehead atoms. The van der Waals surface area contributed by atoms with Crippen LogP contribution in [0.25, 0.3) is 0 Å². The summed E-state index contributed by atoms with van der Waals surface area (Å²) in [6.45, 7) is 11.0. The van der Waals surface area contributed by atoms with Crippen molar-refractivity contribution in [2.45, 2.75) is 48.0 Å². The Morgan fingerprint density at radius 2 is 0.938 bits per heavy atom. The van der Waals surface area contributed by atoms with Gasteiger partial charge in [-0.05, 0) is 0 Å². The molecular formula is C11H20O4Ti. The van der Waals surface area contributed by atoms with Crippen molar-refractivity contribution in [1.82, 2.24) is 0 Å². The zero-order valence-electron chi connectivity index (χ0n) is 10.8. The molecule has 0 saturated carbocycles. The van der Waals surface area contributed by atoms with Crippen LogP contribution >= 0.6 is 0 Å². The number of carbonyl (C=O) groups is 2. The van der Waals surface area contributed by atoms with Gasteiger partial charge in [0.2, 0.25) is 0 Å². The SMILES string of the molecule is CC(C)(C)C(=O)CC(=O)C(C)(C)C.[O-2].[O-2].[Ti+4]. The number of Topliss-reactive ketones (excluding diaryl/α,β-unsaturated/α-hetero) is 2. The summed E-state index contributed by atoms with van der Waals surface area (Å²) in [5, 5.41) is 0. The Kier molecular flexibility index (Phi) is 12.7. The molecule has 0 aliphatic carbocycles. The van der Waals surface area contributed by atoms with E-state index in [1.165, 1.54) is 0 Å². The summed E-state index contributed by atoms with van der Waals surface area (Å²) in [5.41, 5.74) is -0.804. The molecule has 0 amide bonds. The molecule has 0 unspecified atom stereocenters. The summed E-state index contributed by atoms with van der Waals surface area (Å²) in [7, 11) is 0. The second-order valence-corrected chi connectivity index (χ2v) is 5.52. The number of carbonyl (C=O) groups excluding carboxylic acids is 2. The maximum atomic E-state index is 11.5. The smallest absolute Gasteiger partial charge is 2.00 e. The Balaban J connectivity index is -0.000000240. The molecule has 0 radical (unpaired) electrons. The second-order valence-electron chi connectivity index (χ2n) is 5.52.